The quantitative estimate of drug-likeness (QED) is 0.261. The van der Waals surface area contributed by atoms with Gasteiger partial charge in [0.1, 0.15) is 6.61 Å². The van der Waals surface area contributed by atoms with Crippen molar-refractivity contribution in [3.05, 3.63) is 77.4 Å². The number of hydrogen-bond donors (Lipinski definition) is 1. The number of fused-ring (bicyclic) bond motifs is 4. The molecule has 208 valence electrons. The normalized spacial score (nSPS) is 15.7. The fourth-order valence-electron chi connectivity index (χ4n) is 4.95. The minimum Gasteiger partial charge on any atom is -0.493 e. The third-order valence-electron chi connectivity index (χ3n) is 7.01. The first-order valence-electron chi connectivity index (χ1n) is 13.2. The summed E-state index contributed by atoms with van der Waals surface area (Å²) >= 11 is 0. The van der Waals surface area contributed by atoms with Crippen LogP contribution in [0.25, 0.3) is 0 Å². The minimum absolute atomic E-state index is 0.0145. The monoisotopic (exact) mass is 575 g/mol. The summed E-state index contributed by atoms with van der Waals surface area (Å²) in [7, 11) is 5.05. The lowest BCUT2D eigenvalue weighted by atomic mass is 10.1. The zero-order valence-corrected chi connectivity index (χ0v) is 24.7. The van der Waals surface area contributed by atoms with Gasteiger partial charge < -0.3 is 14.8 Å². The number of carbonyl (C=O) groups is 2. The zero-order valence-electron chi connectivity index (χ0n) is 23.1. The van der Waals surface area contributed by atoms with Crippen LogP contribution in [-0.4, -0.2) is 42.2 Å². The van der Waals surface area contributed by atoms with Crippen LogP contribution in [-0.2, 0) is 17.8 Å². The molecular formula is C31H33N3O4S2. The first-order chi connectivity index (χ1) is 19.3. The summed E-state index contributed by atoms with van der Waals surface area (Å²) < 4.78 is 11.7. The molecule has 7 nitrogen and oxygen atoms in total. The fraction of sp³-hybridized carbons (Fsp3) is 0.323. The summed E-state index contributed by atoms with van der Waals surface area (Å²) in [6.07, 6.45) is 5.72. The Labute approximate surface area is 243 Å². The van der Waals surface area contributed by atoms with Crippen LogP contribution in [0.4, 0.5) is 17.1 Å². The van der Waals surface area contributed by atoms with Crippen LogP contribution in [0.5, 0.6) is 11.5 Å². The third-order valence-corrected chi connectivity index (χ3v) is 9.68. The highest BCUT2D eigenvalue weighted by molar-refractivity contribution is 8.76. The lowest BCUT2D eigenvalue weighted by Gasteiger charge is -2.23. The van der Waals surface area contributed by atoms with Crippen molar-refractivity contribution in [2.75, 3.05) is 23.6 Å². The standard InChI is InChI=1S/C31H33N3O4S2/c1-31(2,40-39-4)13-12-29(35)33-22-11-10-21-14-23-18-32-25-17-28(38-19-20-8-6-5-7-9-20)27(37-3)16-24(25)30(36)34(23)26(21)15-22/h5-11,15-18,23H,12-14,19H2,1-4H3,(H,33,35). The van der Waals surface area contributed by atoms with E-state index in [4.69, 9.17) is 14.5 Å². The van der Waals surface area contributed by atoms with Crippen LogP contribution in [0, 0.1) is 0 Å². The number of carbonyl (C=O) groups excluding carboxylic acids is 2. The molecule has 40 heavy (non-hydrogen) atoms. The maximum absolute atomic E-state index is 13.9. The van der Waals surface area contributed by atoms with Crippen LogP contribution in [0.2, 0.25) is 0 Å². The van der Waals surface area contributed by atoms with Gasteiger partial charge in [0.15, 0.2) is 11.5 Å². The van der Waals surface area contributed by atoms with Crippen molar-refractivity contribution in [2.24, 2.45) is 4.99 Å². The van der Waals surface area contributed by atoms with Crippen molar-refractivity contribution in [3.8, 4) is 11.5 Å². The molecule has 0 radical (unpaired) electrons. The Morgan fingerprint density at radius 3 is 2.67 bits per heavy atom. The van der Waals surface area contributed by atoms with Gasteiger partial charge in [0.2, 0.25) is 5.91 Å². The smallest absolute Gasteiger partial charge is 0.261 e. The predicted molar refractivity (Wildman–Crippen MR) is 166 cm³/mol. The average Bonchev–Trinajstić information content (AvgIpc) is 3.25. The Morgan fingerprint density at radius 2 is 1.93 bits per heavy atom. The van der Waals surface area contributed by atoms with Gasteiger partial charge in [-0.25, -0.2) is 0 Å². The SMILES string of the molecule is COc1cc2c(cc1OCc1ccccc1)N=CC1Cc3ccc(NC(=O)CCC(C)(C)SSC)cc3N1C2=O. The van der Waals surface area contributed by atoms with E-state index in [0.717, 1.165) is 23.2 Å². The first-order valence-corrected chi connectivity index (χ1v) is 15.7. The fourth-order valence-corrected chi connectivity index (χ4v) is 7.19. The summed E-state index contributed by atoms with van der Waals surface area (Å²) in [6, 6.07) is 18.9. The molecule has 1 unspecified atom stereocenters. The second-order valence-corrected chi connectivity index (χ2v) is 13.5. The summed E-state index contributed by atoms with van der Waals surface area (Å²) in [5.41, 5.74) is 4.52. The van der Waals surface area contributed by atoms with E-state index in [0.29, 0.717) is 47.9 Å². The van der Waals surface area contributed by atoms with E-state index < -0.39 is 0 Å². The molecule has 2 amide bonds. The van der Waals surface area contributed by atoms with Gasteiger partial charge in [-0.2, -0.15) is 0 Å². The first kappa shape index (κ1) is 28.1. The van der Waals surface area contributed by atoms with Crippen LogP contribution < -0.4 is 19.7 Å². The molecule has 0 aliphatic carbocycles. The Kier molecular flexibility index (Phi) is 8.42. The van der Waals surface area contributed by atoms with E-state index in [9.17, 15) is 9.59 Å². The van der Waals surface area contributed by atoms with E-state index in [1.54, 1.807) is 45.7 Å². The minimum atomic E-state index is -0.218. The second-order valence-electron chi connectivity index (χ2n) is 10.4. The maximum atomic E-state index is 13.9. The molecule has 2 aliphatic rings. The van der Waals surface area contributed by atoms with Crippen molar-refractivity contribution in [3.63, 3.8) is 0 Å². The molecule has 2 heterocycles. The number of hydrogen-bond acceptors (Lipinski definition) is 7. The Morgan fingerprint density at radius 1 is 1.12 bits per heavy atom. The molecule has 0 spiro atoms. The van der Waals surface area contributed by atoms with Crippen LogP contribution in [0.3, 0.4) is 0 Å². The van der Waals surface area contributed by atoms with Gasteiger partial charge in [-0.05, 0) is 55.9 Å². The number of methoxy groups -OCH3 is 1. The number of benzene rings is 3. The largest absolute Gasteiger partial charge is 0.493 e. The van der Waals surface area contributed by atoms with Crippen LogP contribution >= 0.6 is 21.6 Å². The molecule has 5 rings (SSSR count). The molecule has 9 heteroatoms. The van der Waals surface area contributed by atoms with E-state index >= 15 is 0 Å². The predicted octanol–water partition coefficient (Wildman–Crippen LogP) is 7.07. The van der Waals surface area contributed by atoms with Crippen molar-refractivity contribution in [1.29, 1.82) is 0 Å². The molecule has 3 aromatic rings. The number of amides is 2. The molecule has 1 atom stereocenters. The second kappa shape index (κ2) is 12.0. The number of anilines is 2. The molecule has 0 saturated carbocycles. The lowest BCUT2D eigenvalue weighted by molar-refractivity contribution is -0.116. The highest BCUT2D eigenvalue weighted by Gasteiger charge is 2.37. The number of nitrogens with zero attached hydrogens (tertiary/aromatic N) is 2. The Balaban J connectivity index is 1.35. The van der Waals surface area contributed by atoms with Gasteiger partial charge in [-0.1, -0.05) is 58.0 Å². The van der Waals surface area contributed by atoms with Gasteiger partial charge >= 0.3 is 0 Å². The average molecular weight is 576 g/mol. The van der Waals surface area contributed by atoms with Gasteiger partial charge in [-0.15, -0.1) is 0 Å². The molecule has 2 aliphatic heterocycles. The maximum Gasteiger partial charge on any atom is 0.261 e. The summed E-state index contributed by atoms with van der Waals surface area (Å²) in [5.74, 6) is 0.802. The summed E-state index contributed by atoms with van der Waals surface area (Å²) in [4.78, 5) is 33.1. The molecule has 0 saturated heterocycles. The number of nitrogens with one attached hydrogen (secondary N) is 1. The van der Waals surface area contributed by atoms with Gasteiger partial charge in [0, 0.05) is 35.6 Å². The molecule has 0 bridgehead atoms. The number of rotatable bonds is 10. The van der Waals surface area contributed by atoms with Crippen molar-refractivity contribution in [1.82, 2.24) is 0 Å². The molecule has 3 aromatic carbocycles. The zero-order chi connectivity index (χ0) is 28.3. The Bertz CT molecular complexity index is 1440. The molecule has 1 N–H and O–H groups in total. The summed E-state index contributed by atoms with van der Waals surface area (Å²) in [5, 5.41) is 3.02. The molecule has 0 aromatic heterocycles. The third kappa shape index (κ3) is 6.15. The lowest BCUT2D eigenvalue weighted by Crippen LogP contribution is -2.37. The van der Waals surface area contributed by atoms with Gasteiger partial charge in [0.25, 0.3) is 5.91 Å². The summed E-state index contributed by atoms with van der Waals surface area (Å²) in [6.45, 7) is 4.67. The van der Waals surface area contributed by atoms with Crippen molar-refractivity contribution in [2.45, 2.75) is 50.5 Å². The molecular weight excluding hydrogens is 542 g/mol. The van der Waals surface area contributed by atoms with Crippen LogP contribution in [0.1, 0.15) is 48.2 Å². The van der Waals surface area contributed by atoms with E-state index in [1.165, 1.54) is 0 Å². The molecule has 0 fully saturated rings. The van der Waals surface area contributed by atoms with E-state index in [1.807, 2.05) is 61.0 Å². The highest BCUT2D eigenvalue weighted by atomic mass is 33.1. The van der Waals surface area contributed by atoms with E-state index in [-0.39, 0.29) is 22.6 Å². The number of ether oxygens (including phenoxy) is 2. The van der Waals surface area contributed by atoms with Gasteiger partial charge in [0.05, 0.1) is 30.1 Å². The van der Waals surface area contributed by atoms with E-state index in [2.05, 4.69) is 19.2 Å². The number of aliphatic imine (C=N–C) groups is 1. The van der Waals surface area contributed by atoms with Crippen molar-refractivity contribution >= 4 is 56.7 Å². The van der Waals surface area contributed by atoms with Crippen molar-refractivity contribution < 1.29 is 19.1 Å². The highest BCUT2D eigenvalue weighted by Crippen LogP contribution is 2.42. The Hall–Kier alpha value is -3.43. The van der Waals surface area contributed by atoms with Crippen LogP contribution in [0.15, 0.2) is 65.7 Å². The topological polar surface area (TPSA) is 80.2 Å². The van der Waals surface area contributed by atoms with Gasteiger partial charge in [-0.3, -0.25) is 19.5 Å².